The highest BCUT2D eigenvalue weighted by Gasteiger charge is 2.21. The first-order valence-corrected chi connectivity index (χ1v) is 8.45. The molecule has 0 amide bonds. The minimum atomic E-state index is -0.255. The van der Waals surface area contributed by atoms with E-state index in [0.717, 1.165) is 30.0 Å². The highest BCUT2D eigenvalue weighted by atomic mass is 16.5. The van der Waals surface area contributed by atoms with Crippen LogP contribution in [0, 0.1) is 0 Å². The maximum Gasteiger partial charge on any atom is 0.338 e. The molecular weight excluding hydrogens is 318 g/mol. The van der Waals surface area contributed by atoms with E-state index >= 15 is 0 Å². The van der Waals surface area contributed by atoms with Gasteiger partial charge in [-0.15, -0.1) is 0 Å². The SMILES string of the molecule is COc1cccc(CCNC(C)COc2ccc3c(c2)COC3=O)c1. The molecule has 1 N–H and O–H groups in total. The fraction of sp³-hybridized carbons (Fsp3) is 0.350. The van der Waals surface area contributed by atoms with E-state index in [1.807, 2.05) is 24.3 Å². The van der Waals surface area contributed by atoms with Crippen LogP contribution in [-0.2, 0) is 17.8 Å². The number of hydrogen-bond donors (Lipinski definition) is 1. The molecule has 5 heteroatoms. The summed E-state index contributed by atoms with van der Waals surface area (Å²) in [5.41, 5.74) is 2.77. The molecule has 0 bridgehead atoms. The van der Waals surface area contributed by atoms with Gasteiger partial charge in [0.05, 0.1) is 12.7 Å². The first-order valence-electron chi connectivity index (χ1n) is 8.45. The standard InChI is InChI=1S/C20H23NO4/c1-14(21-9-8-15-4-3-5-17(10-15)23-2)12-24-18-6-7-19-16(11-18)13-25-20(19)22/h3-7,10-11,14,21H,8-9,12-13H2,1-2H3. The van der Waals surface area contributed by atoms with Crippen LogP contribution in [0.3, 0.4) is 0 Å². The van der Waals surface area contributed by atoms with Gasteiger partial charge in [-0.1, -0.05) is 12.1 Å². The molecule has 1 unspecified atom stereocenters. The minimum absolute atomic E-state index is 0.219. The monoisotopic (exact) mass is 341 g/mol. The van der Waals surface area contributed by atoms with Crippen LogP contribution in [0.25, 0.3) is 0 Å². The Kier molecular flexibility index (Phi) is 5.56. The lowest BCUT2D eigenvalue weighted by molar-refractivity contribution is 0.0535. The normalized spacial score (nSPS) is 13.9. The number of ether oxygens (including phenoxy) is 3. The van der Waals surface area contributed by atoms with Crippen LogP contribution < -0.4 is 14.8 Å². The molecule has 0 spiro atoms. The Morgan fingerprint density at radius 2 is 2.08 bits per heavy atom. The van der Waals surface area contributed by atoms with E-state index in [9.17, 15) is 4.79 Å². The van der Waals surface area contributed by atoms with Gasteiger partial charge in [0.1, 0.15) is 24.7 Å². The van der Waals surface area contributed by atoms with Crippen molar-refractivity contribution in [3.63, 3.8) is 0 Å². The lowest BCUT2D eigenvalue weighted by atomic mass is 10.1. The Balaban J connectivity index is 1.42. The second kappa shape index (κ2) is 8.03. The maximum absolute atomic E-state index is 11.4. The summed E-state index contributed by atoms with van der Waals surface area (Å²) in [6.07, 6.45) is 0.930. The highest BCUT2D eigenvalue weighted by molar-refractivity contribution is 5.93. The van der Waals surface area contributed by atoms with Gasteiger partial charge >= 0.3 is 5.97 Å². The molecule has 0 saturated carbocycles. The first kappa shape index (κ1) is 17.3. The number of nitrogens with one attached hydrogen (secondary N) is 1. The van der Waals surface area contributed by atoms with Crippen molar-refractivity contribution in [2.45, 2.75) is 26.0 Å². The first-order chi connectivity index (χ1) is 12.2. The Bertz CT molecular complexity index is 744. The molecule has 3 rings (SSSR count). The Labute approximate surface area is 147 Å². The average Bonchev–Trinajstić information content (AvgIpc) is 3.00. The molecule has 0 aromatic heterocycles. The number of cyclic esters (lactones) is 1. The fourth-order valence-corrected chi connectivity index (χ4v) is 2.77. The molecule has 1 heterocycles. The summed E-state index contributed by atoms with van der Waals surface area (Å²) in [6, 6.07) is 13.8. The third kappa shape index (κ3) is 4.51. The molecule has 0 radical (unpaired) electrons. The third-order valence-electron chi connectivity index (χ3n) is 4.20. The summed E-state index contributed by atoms with van der Waals surface area (Å²) < 4.78 is 16.1. The van der Waals surface area contributed by atoms with Crippen LogP contribution in [0.1, 0.15) is 28.4 Å². The second-order valence-corrected chi connectivity index (χ2v) is 6.16. The van der Waals surface area contributed by atoms with Crippen LogP contribution in [0.15, 0.2) is 42.5 Å². The van der Waals surface area contributed by atoms with Crippen molar-refractivity contribution >= 4 is 5.97 Å². The van der Waals surface area contributed by atoms with Gasteiger partial charge in [-0.25, -0.2) is 4.79 Å². The Morgan fingerprint density at radius 1 is 1.20 bits per heavy atom. The van der Waals surface area contributed by atoms with Crippen LogP contribution in [0.2, 0.25) is 0 Å². The Morgan fingerprint density at radius 3 is 2.92 bits per heavy atom. The van der Waals surface area contributed by atoms with Crippen molar-refractivity contribution in [3.05, 3.63) is 59.2 Å². The van der Waals surface area contributed by atoms with E-state index in [2.05, 4.69) is 24.4 Å². The summed E-state index contributed by atoms with van der Waals surface area (Å²) in [5.74, 6) is 1.39. The number of methoxy groups -OCH3 is 1. The van der Waals surface area contributed by atoms with E-state index in [1.54, 1.807) is 13.2 Å². The van der Waals surface area contributed by atoms with E-state index in [-0.39, 0.29) is 12.0 Å². The molecule has 0 aliphatic carbocycles. The van der Waals surface area contributed by atoms with Crippen molar-refractivity contribution in [2.24, 2.45) is 0 Å². The highest BCUT2D eigenvalue weighted by Crippen LogP contribution is 2.24. The number of esters is 1. The number of carbonyl (C=O) groups is 1. The Hall–Kier alpha value is -2.53. The van der Waals surface area contributed by atoms with Crippen molar-refractivity contribution < 1.29 is 19.0 Å². The van der Waals surface area contributed by atoms with Crippen LogP contribution in [0.4, 0.5) is 0 Å². The van der Waals surface area contributed by atoms with E-state index in [4.69, 9.17) is 14.2 Å². The number of rotatable bonds is 8. The lowest BCUT2D eigenvalue weighted by Crippen LogP contribution is -2.33. The van der Waals surface area contributed by atoms with Crippen LogP contribution in [-0.4, -0.2) is 32.3 Å². The van der Waals surface area contributed by atoms with Crippen molar-refractivity contribution in [1.82, 2.24) is 5.32 Å². The number of fused-ring (bicyclic) bond motifs is 1. The molecule has 0 saturated heterocycles. The zero-order valence-electron chi connectivity index (χ0n) is 14.6. The van der Waals surface area contributed by atoms with Gasteiger partial charge in [0.15, 0.2) is 0 Å². The summed E-state index contributed by atoms with van der Waals surface area (Å²) in [7, 11) is 1.68. The van der Waals surface area contributed by atoms with Gasteiger partial charge in [-0.05, 0) is 55.8 Å². The van der Waals surface area contributed by atoms with Crippen molar-refractivity contribution in [3.8, 4) is 11.5 Å². The molecule has 25 heavy (non-hydrogen) atoms. The summed E-state index contributed by atoms with van der Waals surface area (Å²) in [6.45, 7) is 3.85. The molecule has 1 atom stereocenters. The van der Waals surface area contributed by atoms with Gasteiger partial charge in [0, 0.05) is 11.6 Å². The zero-order chi connectivity index (χ0) is 17.6. The molecule has 132 valence electrons. The third-order valence-corrected chi connectivity index (χ3v) is 4.20. The van der Waals surface area contributed by atoms with E-state index in [1.165, 1.54) is 5.56 Å². The van der Waals surface area contributed by atoms with Gasteiger partial charge in [0.2, 0.25) is 0 Å². The van der Waals surface area contributed by atoms with Crippen LogP contribution in [0.5, 0.6) is 11.5 Å². The van der Waals surface area contributed by atoms with E-state index in [0.29, 0.717) is 18.8 Å². The maximum atomic E-state index is 11.4. The summed E-state index contributed by atoms with van der Waals surface area (Å²) >= 11 is 0. The molecule has 2 aromatic carbocycles. The molecule has 5 nitrogen and oxygen atoms in total. The largest absolute Gasteiger partial charge is 0.497 e. The smallest absolute Gasteiger partial charge is 0.338 e. The number of hydrogen-bond acceptors (Lipinski definition) is 5. The van der Waals surface area contributed by atoms with Gasteiger partial charge in [-0.2, -0.15) is 0 Å². The van der Waals surface area contributed by atoms with Crippen molar-refractivity contribution in [1.29, 1.82) is 0 Å². The topological polar surface area (TPSA) is 56.8 Å². The summed E-state index contributed by atoms with van der Waals surface area (Å²) in [4.78, 5) is 11.4. The summed E-state index contributed by atoms with van der Waals surface area (Å²) in [5, 5.41) is 3.45. The molecule has 2 aromatic rings. The number of benzene rings is 2. The fourth-order valence-electron chi connectivity index (χ4n) is 2.77. The molecule has 0 fully saturated rings. The molecule has 1 aliphatic rings. The van der Waals surface area contributed by atoms with Gasteiger partial charge in [0.25, 0.3) is 0 Å². The quantitative estimate of drug-likeness (QED) is 0.748. The minimum Gasteiger partial charge on any atom is -0.497 e. The molecular formula is C20H23NO4. The average molecular weight is 341 g/mol. The van der Waals surface area contributed by atoms with E-state index < -0.39 is 0 Å². The molecule has 1 aliphatic heterocycles. The predicted molar refractivity (Wildman–Crippen MR) is 95.2 cm³/mol. The number of carbonyl (C=O) groups excluding carboxylic acids is 1. The van der Waals surface area contributed by atoms with Crippen molar-refractivity contribution in [2.75, 3.05) is 20.3 Å². The lowest BCUT2D eigenvalue weighted by Gasteiger charge is -2.15. The zero-order valence-corrected chi connectivity index (χ0v) is 14.6. The van der Waals surface area contributed by atoms with Gasteiger partial charge in [-0.3, -0.25) is 0 Å². The van der Waals surface area contributed by atoms with Gasteiger partial charge < -0.3 is 19.5 Å². The second-order valence-electron chi connectivity index (χ2n) is 6.16. The predicted octanol–water partition coefficient (Wildman–Crippen LogP) is 2.97. The van der Waals surface area contributed by atoms with Crippen LogP contribution >= 0.6 is 0 Å².